The maximum Gasteiger partial charge on any atom is 0.322 e. The minimum absolute atomic E-state index is 0.0727. The molecule has 0 radical (unpaired) electrons. The molecule has 9 nitrogen and oxygen atoms in total. The minimum Gasteiger partial charge on any atom is -0.324 e. The average Bonchev–Trinajstić information content (AvgIpc) is 3.19. The van der Waals surface area contributed by atoms with Crippen molar-refractivity contribution in [3.63, 3.8) is 0 Å². The van der Waals surface area contributed by atoms with Crippen LogP contribution in [0.4, 0.5) is 21.9 Å². The van der Waals surface area contributed by atoms with Crippen LogP contribution in [0.5, 0.6) is 0 Å². The van der Waals surface area contributed by atoms with Gasteiger partial charge in [0.25, 0.3) is 5.69 Å². The van der Waals surface area contributed by atoms with Crippen molar-refractivity contribution >= 4 is 34.8 Å². The van der Waals surface area contributed by atoms with Gasteiger partial charge >= 0.3 is 6.03 Å². The van der Waals surface area contributed by atoms with E-state index in [-0.39, 0.29) is 23.1 Å². The zero-order valence-corrected chi connectivity index (χ0v) is 15.8. The quantitative estimate of drug-likeness (QED) is 0.455. The maximum atomic E-state index is 12.7. The van der Waals surface area contributed by atoms with Gasteiger partial charge in [0.15, 0.2) is 5.78 Å². The fourth-order valence-corrected chi connectivity index (χ4v) is 3.22. The highest BCUT2D eigenvalue weighted by Crippen LogP contribution is 2.26. The number of amides is 3. The fourth-order valence-electron chi connectivity index (χ4n) is 3.22. The van der Waals surface area contributed by atoms with E-state index in [1.54, 1.807) is 30.3 Å². The van der Waals surface area contributed by atoms with E-state index in [9.17, 15) is 24.5 Å². The molecule has 1 fully saturated rings. The number of nitrogens with zero attached hydrogens (tertiary/aromatic N) is 2. The first-order valence-electron chi connectivity index (χ1n) is 9.09. The normalized spacial score (nSPS) is 15.6. The lowest BCUT2D eigenvalue weighted by Crippen LogP contribution is -2.45. The molecule has 0 bridgehead atoms. The van der Waals surface area contributed by atoms with E-state index in [4.69, 9.17) is 0 Å². The topological polar surface area (TPSA) is 122 Å². The Morgan fingerprint density at radius 3 is 2.41 bits per heavy atom. The van der Waals surface area contributed by atoms with Crippen LogP contribution in [0.3, 0.4) is 0 Å². The standard InChI is InChI=1S/C20H20N4O5/c1-13(25)14-8-10-15(11-9-14)21-19(26)18-7-4-12-23(18)20(27)22-16-5-2-3-6-17(16)24(28)29/h2-3,5-6,8-11,18H,4,7,12H2,1H3,(H,21,26)(H,22,27)/t18-/m0/s1. The summed E-state index contributed by atoms with van der Waals surface area (Å²) in [5.41, 5.74) is 0.917. The molecule has 1 heterocycles. The van der Waals surface area contributed by atoms with Gasteiger partial charge in [-0.25, -0.2) is 4.79 Å². The molecule has 0 aromatic heterocycles. The highest BCUT2D eigenvalue weighted by Gasteiger charge is 2.34. The number of likely N-dealkylation sites (tertiary alicyclic amines) is 1. The van der Waals surface area contributed by atoms with Crippen LogP contribution in [0.2, 0.25) is 0 Å². The summed E-state index contributed by atoms with van der Waals surface area (Å²) in [6.45, 7) is 1.83. The molecule has 0 aliphatic carbocycles. The predicted molar refractivity (Wildman–Crippen MR) is 107 cm³/mol. The number of nitro groups is 1. The van der Waals surface area contributed by atoms with Gasteiger partial charge < -0.3 is 15.5 Å². The van der Waals surface area contributed by atoms with Crippen LogP contribution >= 0.6 is 0 Å². The summed E-state index contributed by atoms with van der Waals surface area (Å²) in [5.74, 6) is -0.424. The van der Waals surface area contributed by atoms with Crippen molar-refractivity contribution in [2.75, 3.05) is 17.2 Å². The van der Waals surface area contributed by atoms with Gasteiger partial charge in [-0.2, -0.15) is 0 Å². The summed E-state index contributed by atoms with van der Waals surface area (Å²) in [6.07, 6.45) is 1.13. The number of hydrogen-bond donors (Lipinski definition) is 2. The first kappa shape index (κ1) is 20.0. The molecule has 3 amide bonds. The fraction of sp³-hybridized carbons (Fsp3) is 0.250. The molecule has 1 aliphatic heterocycles. The Morgan fingerprint density at radius 1 is 1.07 bits per heavy atom. The van der Waals surface area contributed by atoms with Crippen LogP contribution in [-0.4, -0.2) is 40.1 Å². The Bertz CT molecular complexity index is 958. The van der Waals surface area contributed by atoms with Crippen LogP contribution in [-0.2, 0) is 4.79 Å². The van der Waals surface area contributed by atoms with Gasteiger partial charge in [-0.3, -0.25) is 19.7 Å². The Balaban J connectivity index is 1.69. The van der Waals surface area contributed by atoms with Gasteiger partial charge in [0, 0.05) is 23.9 Å². The average molecular weight is 396 g/mol. The molecule has 1 aliphatic rings. The van der Waals surface area contributed by atoms with Crippen molar-refractivity contribution < 1.29 is 19.3 Å². The number of benzene rings is 2. The number of hydrogen-bond acceptors (Lipinski definition) is 5. The van der Waals surface area contributed by atoms with Crippen molar-refractivity contribution in [3.05, 3.63) is 64.2 Å². The van der Waals surface area contributed by atoms with E-state index in [0.717, 1.165) is 0 Å². The summed E-state index contributed by atoms with van der Waals surface area (Å²) in [5, 5.41) is 16.4. The van der Waals surface area contributed by atoms with Gasteiger partial charge in [0.05, 0.1) is 4.92 Å². The summed E-state index contributed by atoms with van der Waals surface area (Å²) in [6, 6.07) is 11.1. The molecule has 0 saturated carbocycles. The smallest absolute Gasteiger partial charge is 0.322 e. The number of nitro benzene ring substituents is 1. The SMILES string of the molecule is CC(=O)c1ccc(NC(=O)[C@@H]2CCCN2C(=O)Nc2ccccc2[N+](=O)[O-])cc1. The van der Waals surface area contributed by atoms with Crippen molar-refractivity contribution in [1.82, 2.24) is 4.90 Å². The van der Waals surface area contributed by atoms with Gasteiger partial charge in [0.1, 0.15) is 11.7 Å². The molecular weight excluding hydrogens is 376 g/mol. The van der Waals surface area contributed by atoms with Crippen molar-refractivity contribution in [2.24, 2.45) is 0 Å². The molecule has 150 valence electrons. The number of Topliss-reactive ketones (excluding diaryl/α,β-unsaturated/α-hetero) is 1. The third-order valence-corrected chi connectivity index (χ3v) is 4.72. The van der Waals surface area contributed by atoms with E-state index >= 15 is 0 Å². The molecule has 2 aromatic carbocycles. The third-order valence-electron chi connectivity index (χ3n) is 4.72. The van der Waals surface area contributed by atoms with Crippen molar-refractivity contribution in [2.45, 2.75) is 25.8 Å². The molecule has 2 N–H and O–H groups in total. The highest BCUT2D eigenvalue weighted by molar-refractivity contribution is 6.00. The van der Waals surface area contributed by atoms with E-state index < -0.39 is 17.0 Å². The molecule has 0 unspecified atom stereocenters. The number of carbonyl (C=O) groups excluding carboxylic acids is 3. The molecule has 1 atom stereocenters. The number of ketones is 1. The van der Waals surface area contributed by atoms with Crippen LogP contribution in [0.25, 0.3) is 0 Å². The number of urea groups is 1. The number of nitrogens with one attached hydrogen (secondary N) is 2. The molecule has 3 rings (SSSR count). The first-order valence-corrected chi connectivity index (χ1v) is 9.09. The number of carbonyl (C=O) groups is 3. The van der Waals surface area contributed by atoms with Gasteiger partial charge in [0.2, 0.25) is 5.91 Å². The van der Waals surface area contributed by atoms with Gasteiger partial charge in [-0.05, 0) is 50.1 Å². The Hall–Kier alpha value is -3.75. The summed E-state index contributed by atoms with van der Waals surface area (Å²) in [7, 11) is 0. The lowest BCUT2D eigenvalue weighted by molar-refractivity contribution is -0.383. The first-order chi connectivity index (χ1) is 13.9. The largest absolute Gasteiger partial charge is 0.324 e. The number of anilines is 2. The second-order valence-corrected chi connectivity index (χ2v) is 6.68. The Labute approximate surface area is 166 Å². The number of para-hydroxylation sites is 2. The van der Waals surface area contributed by atoms with Crippen molar-refractivity contribution in [3.8, 4) is 0 Å². The monoisotopic (exact) mass is 396 g/mol. The maximum absolute atomic E-state index is 12.7. The Kier molecular flexibility index (Phi) is 5.87. The van der Waals surface area contributed by atoms with E-state index in [0.29, 0.717) is 30.6 Å². The van der Waals surface area contributed by atoms with Crippen LogP contribution in [0.15, 0.2) is 48.5 Å². The molecule has 29 heavy (non-hydrogen) atoms. The van der Waals surface area contributed by atoms with Crippen LogP contribution in [0, 0.1) is 10.1 Å². The predicted octanol–water partition coefficient (Wildman–Crippen LogP) is 3.43. The lowest BCUT2D eigenvalue weighted by Gasteiger charge is -2.24. The van der Waals surface area contributed by atoms with Gasteiger partial charge in [-0.1, -0.05) is 12.1 Å². The molecule has 1 saturated heterocycles. The second-order valence-electron chi connectivity index (χ2n) is 6.68. The van der Waals surface area contributed by atoms with E-state index in [1.807, 2.05) is 0 Å². The highest BCUT2D eigenvalue weighted by atomic mass is 16.6. The summed E-state index contributed by atoms with van der Waals surface area (Å²) >= 11 is 0. The Morgan fingerprint density at radius 2 is 1.76 bits per heavy atom. The third kappa shape index (κ3) is 4.57. The molecule has 2 aromatic rings. The lowest BCUT2D eigenvalue weighted by atomic mass is 10.1. The summed E-state index contributed by atoms with van der Waals surface area (Å²) < 4.78 is 0. The number of rotatable bonds is 5. The minimum atomic E-state index is -0.690. The van der Waals surface area contributed by atoms with Crippen molar-refractivity contribution in [1.29, 1.82) is 0 Å². The molecule has 9 heteroatoms. The zero-order valence-electron chi connectivity index (χ0n) is 15.8. The van der Waals surface area contributed by atoms with Gasteiger partial charge in [-0.15, -0.1) is 0 Å². The van der Waals surface area contributed by atoms with Crippen LogP contribution < -0.4 is 10.6 Å². The zero-order chi connectivity index (χ0) is 21.0. The van der Waals surface area contributed by atoms with E-state index in [2.05, 4.69) is 10.6 Å². The summed E-state index contributed by atoms with van der Waals surface area (Å²) in [4.78, 5) is 48.6. The molecule has 0 spiro atoms. The second kappa shape index (κ2) is 8.51. The van der Waals surface area contributed by atoms with E-state index in [1.165, 1.54) is 30.0 Å². The van der Waals surface area contributed by atoms with Crippen LogP contribution in [0.1, 0.15) is 30.1 Å². The molecular formula is C20H20N4O5.